The maximum atomic E-state index is 13.0. The van der Waals surface area contributed by atoms with Crippen molar-refractivity contribution < 1.29 is 27.9 Å². The van der Waals surface area contributed by atoms with Crippen LogP contribution in [-0.2, 0) is 11.2 Å². The zero-order chi connectivity index (χ0) is 16.6. The molecule has 1 aromatic carbocycles. The molecule has 0 saturated heterocycles. The fraction of sp³-hybridized carbons (Fsp3) is 0.625. The summed E-state index contributed by atoms with van der Waals surface area (Å²) in [5.74, 6) is 0. The van der Waals surface area contributed by atoms with E-state index in [2.05, 4.69) is 0 Å². The van der Waals surface area contributed by atoms with Gasteiger partial charge in [0.05, 0.1) is 19.7 Å². The van der Waals surface area contributed by atoms with Crippen LogP contribution in [0.5, 0.6) is 0 Å². The molecule has 0 spiro atoms. The van der Waals surface area contributed by atoms with E-state index in [1.807, 2.05) is 13.8 Å². The highest BCUT2D eigenvalue weighted by Gasteiger charge is 2.41. The first kappa shape index (κ1) is 18.9. The van der Waals surface area contributed by atoms with Gasteiger partial charge in [0.25, 0.3) is 0 Å². The van der Waals surface area contributed by atoms with Crippen LogP contribution in [-0.4, -0.2) is 49.7 Å². The van der Waals surface area contributed by atoms with Crippen molar-refractivity contribution in [2.75, 3.05) is 26.2 Å². The van der Waals surface area contributed by atoms with Gasteiger partial charge in [0, 0.05) is 6.42 Å². The van der Waals surface area contributed by atoms with E-state index in [1.54, 1.807) is 30.3 Å². The van der Waals surface area contributed by atoms with Gasteiger partial charge >= 0.3 is 6.18 Å². The number of benzene rings is 1. The van der Waals surface area contributed by atoms with Crippen molar-refractivity contribution in [1.29, 1.82) is 0 Å². The van der Waals surface area contributed by atoms with E-state index < -0.39 is 18.4 Å². The van der Waals surface area contributed by atoms with Crippen LogP contribution in [0.25, 0.3) is 0 Å². The third-order valence-electron chi connectivity index (χ3n) is 3.64. The van der Waals surface area contributed by atoms with Gasteiger partial charge in [-0.2, -0.15) is 13.2 Å². The van der Waals surface area contributed by atoms with Gasteiger partial charge in [0.1, 0.15) is 12.6 Å². The number of rotatable bonds is 9. The van der Waals surface area contributed by atoms with E-state index in [0.29, 0.717) is 12.1 Å². The Hall–Kier alpha value is -1.11. The predicted molar refractivity (Wildman–Crippen MR) is 78.9 cm³/mol. The molecule has 126 valence electrons. The SMILES string of the molecule is CC[NH+](CC)C[C@@H](O)CO[C@@H](Cc1ccccc1)C(F)(F)F. The highest BCUT2D eigenvalue weighted by molar-refractivity contribution is 5.15. The van der Waals surface area contributed by atoms with Crippen molar-refractivity contribution in [3.05, 3.63) is 35.9 Å². The zero-order valence-corrected chi connectivity index (χ0v) is 13.1. The van der Waals surface area contributed by atoms with E-state index in [0.717, 1.165) is 18.0 Å². The highest BCUT2D eigenvalue weighted by Crippen LogP contribution is 2.26. The lowest BCUT2D eigenvalue weighted by molar-refractivity contribution is -0.899. The summed E-state index contributed by atoms with van der Waals surface area (Å²) in [4.78, 5) is 1.13. The van der Waals surface area contributed by atoms with Crippen molar-refractivity contribution in [1.82, 2.24) is 0 Å². The van der Waals surface area contributed by atoms with E-state index in [9.17, 15) is 18.3 Å². The first-order valence-electron chi connectivity index (χ1n) is 7.60. The second-order valence-electron chi connectivity index (χ2n) is 5.37. The van der Waals surface area contributed by atoms with Crippen LogP contribution in [0, 0.1) is 0 Å². The number of aliphatic hydroxyl groups is 1. The molecule has 0 heterocycles. The van der Waals surface area contributed by atoms with Crippen LogP contribution in [0.4, 0.5) is 13.2 Å². The van der Waals surface area contributed by atoms with Crippen molar-refractivity contribution in [3.8, 4) is 0 Å². The molecule has 3 nitrogen and oxygen atoms in total. The second kappa shape index (κ2) is 9.12. The Kier molecular flexibility index (Phi) is 7.85. The Bertz CT molecular complexity index is 408. The molecule has 2 atom stereocenters. The third-order valence-corrected chi connectivity index (χ3v) is 3.64. The molecule has 0 aromatic heterocycles. The molecular weight excluding hydrogens is 295 g/mol. The molecule has 6 heteroatoms. The van der Waals surface area contributed by atoms with Gasteiger partial charge in [0.2, 0.25) is 0 Å². The summed E-state index contributed by atoms with van der Waals surface area (Å²) < 4.78 is 44.1. The molecule has 1 aromatic rings. The Morgan fingerprint density at radius 3 is 2.23 bits per heavy atom. The molecule has 0 radical (unpaired) electrons. The lowest BCUT2D eigenvalue weighted by atomic mass is 10.1. The topological polar surface area (TPSA) is 33.9 Å². The standard InChI is InChI=1S/C16H24F3NO2/c1-3-20(4-2)11-14(21)12-22-15(16(17,18)19)10-13-8-6-5-7-9-13/h5-9,14-15,21H,3-4,10-12H2,1-2H3/p+1/t14-,15+/m1/s1. The van der Waals surface area contributed by atoms with Crippen LogP contribution in [0.2, 0.25) is 0 Å². The minimum absolute atomic E-state index is 0.241. The molecule has 22 heavy (non-hydrogen) atoms. The summed E-state index contributed by atoms with van der Waals surface area (Å²) in [6.45, 7) is 5.67. The molecule has 2 N–H and O–H groups in total. The number of quaternary nitrogens is 1. The van der Waals surface area contributed by atoms with Crippen LogP contribution in [0.15, 0.2) is 30.3 Å². The smallest absolute Gasteiger partial charge is 0.385 e. The van der Waals surface area contributed by atoms with E-state index in [-0.39, 0.29) is 13.0 Å². The first-order valence-corrected chi connectivity index (χ1v) is 7.60. The lowest BCUT2D eigenvalue weighted by Crippen LogP contribution is -3.12. The second-order valence-corrected chi connectivity index (χ2v) is 5.37. The molecule has 0 amide bonds. The third kappa shape index (κ3) is 6.77. The maximum absolute atomic E-state index is 13.0. The first-order chi connectivity index (χ1) is 10.4. The Balaban J connectivity index is 2.55. The average molecular weight is 320 g/mol. The summed E-state index contributed by atoms with van der Waals surface area (Å²) in [5, 5.41) is 9.85. The van der Waals surface area contributed by atoms with Gasteiger partial charge in [-0.25, -0.2) is 0 Å². The number of nitrogens with one attached hydrogen (secondary N) is 1. The van der Waals surface area contributed by atoms with Crippen LogP contribution < -0.4 is 4.90 Å². The van der Waals surface area contributed by atoms with Gasteiger partial charge in [0.15, 0.2) is 6.10 Å². The Labute approximate surface area is 129 Å². The summed E-state index contributed by atoms with van der Waals surface area (Å²) >= 11 is 0. The largest absolute Gasteiger partial charge is 0.414 e. The van der Waals surface area contributed by atoms with Gasteiger partial charge < -0.3 is 14.7 Å². The summed E-state index contributed by atoms with van der Waals surface area (Å²) in [5.41, 5.74) is 0.564. The lowest BCUT2D eigenvalue weighted by Gasteiger charge is -2.24. The number of alkyl halides is 3. The quantitative estimate of drug-likeness (QED) is 0.722. The monoisotopic (exact) mass is 320 g/mol. The highest BCUT2D eigenvalue weighted by atomic mass is 19.4. The van der Waals surface area contributed by atoms with Gasteiger partial charge in [-0.1, -0.05) is 30.3 Å². The minimum atomic E-state index is -4.45. The molecular formula is C16H25F3NO2+. The number of aliphatic hydroxyl groups excluding tert-OH is 1. The normalized spacial score (nSPS) is 15.0. The number of hydrogen-bond acceptors (Lipinski definition) is 2. The van der Waals surface area contributed by atoms with Gasteiger partial charge in [-0.15, -0.1) is 0 Å². The van der Waals surface area contributed by atoms with Crippen molar-refractivity contribution in [2.24, 2.45) is 0 Å². The maximum Gasteiger partial charge on any atom is 0.414 e. The molecule has 0 bridgehead atoms. The Morgan fingerprint density at radius 2 is 1.73 bits per heavy atom. The summed E-state index contributed by atoms with van der Waals surface area (Å²) in [6.07, 6.45) is -7.47. The van der Waals surface area contributed by atoms with E-state index >= 15 is 0 Å². The van der Waals surface area contributed by atoms with Crippen molar-refractivity contribution >= 4 is 0 Å². The average Bonchev–Trinajstić information content (AvgIpc) is 2.48. The minimum Gasteiger partial charge on any atom is -0.385 e. The summed E-state index contributed by atoms with van der Waals surface area (Å²) in [7, 11) is 0. The van der Waals surface area contributed by atoms with E-state index in [4.69, 9.17) is 4.74 Å². The molecule has 1 rings (SSSR count). The number of ether oxygens (including phenoxy) is 1. The van der Waals surface area contributed by atoms with Crippen molar-refractivity contribution in [3.63, 3.8) is 0 Å². The van der Waals surface area contributed by atoms with E-state index in [1.165, 1.54) is 0 Å². The van der Waals surface area contributed by atoms with Gasteiger partial charge in [-0.05, 0) is 19.4 Å². The predicted octanol–water partition coefficient (Wildman–Crippen LogP) is 1.46. The number of hydrogen-bond donors (Lipinski definition) is 2. The van der Waals surface area contributed by atoms with Crippen molar-refractivity contribution in [2.45, 2.75) is 38.7 Å². The fourth-order valence-corrected chi connectivity index (χ4v) is 2.26. The molecule has 0 saturated carbocycles. The molecule has 0 aliphatic carbocycles. The van der Waals surface area contributed by atoms with Crippen LogP contribution in [0.3, 0.4) is 0 Å². The fourth-order valence-electron chi connectivity index (χ4n) is 2.26. The number of halogens is 3. The Morgan fingerprint density at radius 1 is 1.14 bits per heavy atom. The summed E-state index contributed by atoms with van der Waals surface area (Å²) in [6, 6.07) is 8.42. The molecule has 0 unspecified atom stereocenters. The zero-order valence-electron chi connectivity index (χ0n) is 13.1. The molecule has 0 fully saturated rings. The molecule has 0 aliphatic rings. The number of likely N-dealkylation sites (N-methyl/N-ethyl adjacent to an activating group) is 1. The molecule has 0 aliphatic heterocycles. The van der Waals surface area contributed by atoms with Gasteiger partial charge in [-0.3, -0.25) is 0 Å². The van der Waals surface area contributed by atoms with Crippen LogP contribution >= 0.6 is 0 Å². The van der Waals surface area contributed by atoms with Crippen LogP contribution in [0.1, 0.15) is 19.4 Å².